The van der Waals surface area contributed by atoms with Crippen molar-refractivity contribution in [1.82, 2.24) is 10.3 Å². The molecule has 1 amide bonds. The van der Waals surface area contributed by atoms with E-state index in [1.54, 1.807) is 12.1 Å². The Kier molecular flexibility index (Phi) is 8.47. The Morgan fingerprint density at radius 1 is 1.18 bits per heavy atom. The molecule has 1 N–H and O–H groups in total. The highest BCUT2D eigenvalue weighted by Gasteiger charge is 2.19. The molecule has 1 aromatic heterocycles. The van der Waals surface area contributed by atoms with Crippen LogP contribution in [0, 0.1) is 12.7 Å². The van der Waals surface area contributed by atoms with Crippen LogP contribution in [0.4, 0.5) is 10.1 Å². The van der Waals surface area contributed by atoms with Crippen LogP contribution in [0.15, 0.2) is 60.8 Å². The standard InChI is InChI=1S/C26H28FN3O2.H2S/c1-18-13-24(30-11-12-32-17-19(30)2)9-10-25(18)21-5-8-23(28-16-21)14-26(31)29-15-20-3-6-22(27)7-4-20;/h3-10,13,16,19H,11-12,14-15,17H2,1-2H3,(H,29,31);1H2/t19-;/m0./s1. The minimum absolute atomic E-state index is 0. The van der Waals surface area contributed by atoms with E-state index in [1.807, 2.05) is 18.3 Å². The number of carbonyl (C=O) groups is 1. The Labute approximate surface area is 201 Å². The van der Waals surface area contributed by atoms with E-state index in [0.717, 1.165) is 36.4 Å². The van der Waals surface area contributed by atoms with E-state index in [9.17, 15) is 9.18 Å². The molecule has 4 rings (SSSR count). The minimum atomic E-state index is -0.287. The molecule has 0 radical (unpaired) electrons. The van der Waals surface area contributed by atoms with E-state index < -0.39 is 0 Å². The zero-order valence-electron chi connectivity index (χ0n) is 19.0. The van der Waals surface area contributed by atoms with Gasteiger partial charge in [0.1, 0.15) is 5.82 Å². The summed E-state index contributed by atoms with van der Waals surface area (Å²) in [5.41, 5.74) is 6.13. The Morgan fingerprint density at radius 3 is 2.64 bits per heavy atom. The summed E-state index contributed by atoms with van der Waals surface area (Å²) in [6.45, 7) is 7.07. The van der Waals surface area contributed by atoms with Crippen LogP contribution in [0.3, 0.4) is 0 Å². The van der Waals surface area contributed by atoms with Gasteiger partial charge in [0.15, 0.2) is 0 Å². The second-order valence-electron chi connectivity index (χ2n) is 8.23. The molecule has 1 fully saturated rings. The van der Waals surface area contributed by atoms with Crippen LogP contribution in [0.2, 0.25) is 0 Å². The number of aromatic nitrogens is 1. The summed E-state index contributed by atoms with van der Waals surface area (Å²) in [5.74, 6) is -0.403. The van der Waals surface area contributed by atoms with Gasteiger partial charge in [-0.15, -0.1) is 0 Å². The zero-order valence-corrected chi connectivity index (χ0v) is 20.0. The van der Waals surface area contributed by atoms with E-state index in [1.165, 1.54) is 23.4 Å². The lowest BCUT2D eigenvalue weighted by atomic mass is 10.00. The van der Waals surface area contributed by atoms with Crippen molar-refractivity contribution < 1.29 is 13.9 Å². The molecule has 2 aromatic carbocycles. The molecule has 5 nitrogen and oxygen atoms in total. The number of anilines is 1. The number of nitrogens with zero attached hydrogens (tertiary/aromatic N) is 2. The fraction of sp³-hybridized carbons (Fsp3) is 0.308. The van der Waals surface area contributed by atoms with Crippen molar-refractivity contribution >= 4 is 25.1 Å². The fourth-order valence-corrected chi connectivity index (χ4v) is 3.98. The predicted molar refractivity (Wildman–Crippen MR) is 134 cm³/mol. The van der Waals surface area contributed by atoms with E-state index >= 15 is 0 Å². The van der Waals surface area contributed by atoms with Crippen molar-refractivity contribution in [2.75, 3.05) is 24.7 Å². The van der Waals surface area contributed by atoms with Crippen LogP contribution in [0.5, 0.6) is 0 Å². The minimum Gasteiger partial charge on any atom is -0.377 e. The molecule has 1 aliphatic rings. The third kappa shape index (κ3) is 6.33. The average Bonchev–Trinajstić information content (AvgIpc) is 2.80. The topological polar surface area (TPSA) is 54.5 Å². The van der Waals surface area contributed by atoms with Crippen molar-refractivity contribution in [3.63, 3.8) is 0 Å². The Balaban J connectivity index is 0.00000306. The average molecular weight is 468 g/mol. The van der Waals surface area contributed by atoms with Crippen LogP contribution in [0.1, 0.15) is 23.7 Å². The van der Waals surface area contributed by atoms with Gasteiger partial charge in [0, 0.05) is 42.3 Å². The number of hydrogen-bond acceptors (Lipinski definition) is 4. The lowest BCUT2D eigenvalue weighted by Crippen LogP contribution is -2.43. The Bertz CT molecular complexity index is 1070. The molecule has 33 heavy (non-hydrogen) atoms. The quantitative estimate of drug-likeness (QED) is 0.584. The smallest absolute Gasteiger partial charge is 0.226 e. The first kappa shape index (κ1) is 24.7. The lowest BCUT2D eigenvalue weighted by Gasteiger charge is -2.35. The van der Waals surface area contributed by atoms with Gasteiger partial charge in [-0.1, -0.05) is 24.3 Å². The molecule has 174 valence electrons. The summed E-state index contributed by atoms with van der Waals surface area (Å²) in [7, 11) is 0. The number of nitrogens with one attached hydrogen (secondary N) is 1. The van der Waals surface area contributed by atoms with Gasteiger partial charge in [-0.2, -0.15) is 13.5 Å². The number of hydrogen-bond donors (Lipinski definition) is 1. The molecule has 2 heterocycles. The second-order valence-corrected chi connectivity index (χ2v) is 8.23. The molecule has 3 aromatic rings. The number of benzene rings is 2. The number of amides is 1. The molecule has 7 heteroatoms. The number of carbonyl (C=O) groups excluding carboxylic acids is 1. The van der Waals surface area contributed by atoms with Gasteiger partial charge in [0.2, 0.25) is 5.91 Å². The molecular formula is C26H30FN3O2S. The Hall–Kier alpha value is -2.90. The van der Waals surface area contributed by atoms with E-state index in [-0.39, 0.29) is 31.6 Å². The highest BCUT2D eigenvalue weighted by molar-refractivity contribution is 7.59. The maximum atomic E-state index is 13.0. The first-order valence-corrected chi connectivity index (χ1v) is 10.9. The molecule has 0 bridgehead atoms. The number of rotatable bonds is 6. The van der Waals surface area contributed by atoms with Crippen LogP contribution in [0.25, 0.3) is 11.1 Å². The van der Waals surface area contributed by atoms with Crippen LogP contribution in [-0.2, 0) is 22.5 Å². The van der Waals surface area contributed by atoms with Crippen molar-refractivity contribution in [3.05, 3.63) is 83.4 Å². The van der Waals surface area contributed by atoms with Gasteiger partial charge in [-0.3, -0.25) is 9.78 Å². The number of pyridine rings is 1. The largest absolute Gasteiger partial charge is 0.377 e. The van der Waals surface area contributed by atoms with Gasteiger partial charge in [0.25, 0.3) is 0 Å². The molecule has 1 atom stereocenters. The van der Waals surface area contributed by atoms with Gasteiger partial charge in [-0.25, -0.2) is 4.39 Å². The maximum Gasteiger partial charge on any atom is 0.226 e. The number of aryl methyl sites for hydroxylation is 1. The molecule has 0 unspecified atom stereocenters. The van der Waals surface area contributed by atoms with Crippen molar-refractivity contribution in [2.24, 2.45) is 0 Å². The van der Waals surface area contributed by atoms with Crippen LogP contribution >= 0.6 is 13.5 Å². The third-order valence-corrected chi connectivity index (χ3v) is 5.79. The predicted octanol–water partition coefficient (Wildman–Crippen LogP) is 4.39. The summed E-state index contributed by atoms with van der Waals surface area (Å²) in [5, 5.41) is 2.85. The first-order valence-electron chi connectivity index (χ1n) is 10.9. The van der Waals surface area contributed by atoms with Gasteiger partial charge >= 0.3 is 0 Å². The number of ether oxygens (including phenoxy) is 1. The molecule has 1 aliphatic heterocycles. The zero-order chi connectivity index (χ0) is 22.5. The van der Waals surface area contributed by atoms with E-state index in [2.05, 4.69) is 47.2 Å². The Morgan fingerprint density at radius 2 is 1.97 bits per heavy atom. The van der Waals surface area contributed by atoms with Crippen LogP contribution < -0.4 is 10.2 Å². The van der Waals surface area contributed by atoms with Gasteiger partial charge in [-0.05, 0) is 60.9 Å². The van der Waals surface area contributed by atoms with E-state index in [4.69, 9.17) is 4.74 Å². The number of halogens is 1. The molecule has 0 aliphatic carbocycles. The summed E-state index contributed by atoms with van der Waals surface area (Å²) in [6.07, 6.45) is 2.02. The SMILES string of the molecule is Cc1cc(N2CCOC[C@@H]2C)ccc1-c1ccc(CC(=O)NCc2ccc(F)cc2)nc1.S. The monoisotopic (exact) mass is 467 g/mol. The maximum absolute atomic E-state index is 13.0. The summed E-state index contributed by atoms with van der Waals surface area (Å²) >= 11 is 0. The summed E-state index contributed by atoms with van der Waals surface area (Å²) in [4.78, 5) is 19.1. The highest BCUT2D eigenvalue weighted by atomic mass is 32.1. The molecule has 1 saturated heterocycles. The summed E-state index contributed by atoms with van der Waals surface area (Å²) in [6, 6.07) is 16.9. The normalized spacial score (nSPS) is 15.6. The second kappa shape index (κ2) is 11.3. The van der Waals surface area contributed by atoms with Crippen molar-refractivity contribution in [1.29, 1.82) is 0 Å². The van der Waals surface area contributed by atoms with E-state index in [0.29, 0.717) is 18.3 Å². The lowest BCUT2D eigenvalue weighted by molar-refractivity contribution is -0.120. The molecular weight excluding hydrogens is 437 g/mol. The number of morpholine rings is 1. The summed E-state index contributed by atoms with van der Waals surface area (Å²) < 4.78 is 18.5. The fourth-order valence-electron chi connectivity index (χ4n) is 3.98. The van der Waals surface area contributed by atoms with Gasteiger partial charge < -0.3 is 15.0 Å². The van der Waals surface area contributed by atoms with Crippen LogP contribution in [-0.4, -0.2) is 36.7 Å². The molecule has 0 spiro atoms. The van der Waals surface area contributed by atoms with Crippen molar-refractivity contribution in [2.45, 2.75) is 32.9 Å². The van der Waals surface area contributed by atoms with Gasteiger partial charge in [0.05, 0.1) is 19.6 Å². The van der Waals surface area contributed by atoms with Crippen molar-refractivity contribution in [3.8, 4) is 11.1 Å². The third-order valence-electron chi connectivity index (χ3n) is 5.79. The first-order chi connectivity index (χ1) is 15.5. The highest BCUT2D eigenvalue weighted by Crippen LogP contribution is 2.28. The molecule has 0 saturated carbocycles.